The lowest BCUT2D eigenvalue weighted by Gasteiger charge is -2.27. The lowest BCUT2D eigenvalue weighted by Crippen LogP contribution is -2.47. The third kappa shape index (κ3) is 3.27. The molecule has 3 amide bonds. The van der Waals surface area contributed by atoms with Crippen molar-refractivity contribution < 1.29 is 19.1 Å². The van der Waals surface area contributed by atoms with Crippen LogP contribution in [0.25, 0.3) is 21.9 Å². The van der Waals surface area contributed by atoms with Gasteiger partial charge in [0.2, 0.25) is 0 Å². The average Bonchev–Trinajstić information content (AvgIpc) is 3.24. The van der Waals surface area contributed by atoms with Crippen LogP contribution in [-0.4, -0.2) is 21.6 Å². The summed E-state index contributed by atoms with van der Waals surface area (Å²) >= 11 is 6.08. The van der Waals surface area contributed by atoms with Crippen molar-refractivity contribution >= 4 is 34.3 Å². The standard InChI is InChI=1S/C24H17ClFN3O3/c25-18-3-1-2-15(10-18)14-4-7-17(8-5-14)24(22(31)27-23(32)28-24)13-29-12-16-6-9-19(26)11-20(16)21(29)30/h1-12,30H,13H2,(H2,27,28,31,32)/t24-/m1/s1. The number of amides is 3. The van der Waals surface area contributed by atoms with Gasteiger partial charge in [-0.3, -0.25) is 10.1 Å². The number of benzene rings is 3. The summed E-state index contributed by atoms with van der Waals surface area (Å²) in [5, 5.41) is 17.2. The van der Waals surface area contributed by atoms with Crippen molar-refractivity contribution in [3.8, 4) is 17.0 Å². The zero-order valence-corrected chi connectivity index (χ0v) is 17.4. The number of nitrogens with one attached hydrogen (secondary N) is 2. The first-order valence-corrected chi connectivity index (χ1v) is 10.2. The Morgan fingerprint density at radius 1 is 1.00 bits per heavy atom. The Morgan fingerprint density at radius 2 is 1.78 bits per heavy atom. The Kier molecular flexibility index (Phi) is 4.64. The molecule has 8 heteroatoms. The van der Waals surface area contributed by atoms with E-state index in [1.54, 1.807) is 30.5 Å². The molecule has 160 valence electrons. The lowest BCUT2D eigenvalue weighted by atomic mass is 9.88. The van der Waals surface area contributed by atoms with Crippen LogP contribution < -0.4 is 10.6 Å². The molecular weight excluding hydrogens is 433 g/mol. The van der Waals surface area contributed by atoms with Gasteiger partial charge in [0.1, 0.15) is 5.82 Å². The van der Waals surface area contributed by atoms with Crippen LogP contribution in [0.15, 0.2) is 72.9 Å². The highest BCUT2D eigenvalue weighted by atomic mass is 35.5. The molecule has 3 aromatic carbocycles. The molecule has 0 saturated carbocycles. The van der Waals surface area contributed by atoms with E-state index in [-0.39, 0.29) is 12.4 Å². The molecule has 0 aliphatic carbocycles. The largest absolute Gasteiger partial charge is 0.494 e. The second kappa shape index (κ2) is 7.39. The van der Waals surface area contributed by atoms with Gasteiger partial charge in [-0.15, -0.1) is 0 Å². The third-order valence-corrected chi connectivity index (χ3v) is 5.94. The number of fused-ring (bicyclic) bond motifs is 1. The van der Waals surface area contributed by atoms with Crippen molar-refractivity contribution in [1.82, 2.24) is 15.2 Å². The highest BCUT2D eigenvalue weighted by molar-refractivity contribution is 6.30. The smallest absolute Gasteiger partial charge is 0.322 e. The van der Waals surface area contributed by atoms with E-state index in [0.29, 0.717) is 21.4 Å². The third-order valence-electron chi connectivity index (χ3n) is 5.71. The molecule has 5 rings (SSSR count). The number of hydrogen-bond donors (Lipinski definition) is 3. The van der Waals surface area contributed by atoms with Crippen LogP contribution in [0.3, 0.4) is 0 Å². The second-order valence-electron chi connectivity index (χ2n) is 7.71. The van der Waals surface area contributed by atoms with Crippen LogP contribution in [0.4, 0.5) is 9.18 Å². The summed E-state index contributed by atoms with van der Waals surface area (Å²) < 4.78 is 15.1. The van der Waals surface area contributed by atoms with Crippen molar-refractivity contribution in [3.05, 3.63) is 89.3 Å². The van der Waals surface area contributed by atoms with Crippen LogP contribution >= 0.6 is 11.6 Å². The van der Waals surface area contributed by atoms with E-state index in [1.165, 1.54) is 16.7 Å². The SMILES string of the molecule is O=C1NC(=O)[C@@](Cn2cc3ccc(F)cc3c2O)(c2ccc(-c3cccc(Cl)c3)cc2)N1. The Hall–Kier alpha value is -3.84. The highest BCUT2D eigenvalue weighted by Gasteiger charge is 2.48. The van der Waals surface area contributed by atoms with Crippen LogP contribution in [0, 0.1) is 5.82 Å². The van der Waals surface area contributed by atoms with Crippen LogP contribution in [0.2, 0.25) is 5.02 Å². The van der Waals surface area contributed by atoms with Crippen LogP contribution in [0.1, 0.15) is 5.56 Å². The fourth-order valence-corrected chi connectivity index (χ4v) is 4.30. The second-order valence-corrected chi connectivity index (χ2v) is 8.15. The molecule has 32 heavy (non-hydrogen) atoms. The molecule has 4 aromatic rings. The van der Waals surface area contributed by atoms with Gasteiger partial charge in [-0.1, -0.05) is 48.0 Å². The normalized spacial score (nSPS) is 18.1. The van der Waals surface area contributed by atoms with E-state index in [1.807, 2.05) is 30.3 Å². The van der Waals surface area contributed by atoms with Crippen molar-refractivity contribution in [2.75, 3.05) is 0 Å². The van der Waals surface area contributed by atoms with Gasteiger partial charge in [0.15, 0.2) is 11.4 Å². The summed E-state index contributed by atoms with van der Waals surface area (Å²) in [4.78, 5) is 25.0. The fourth-order valence-electron chi connectivity index (χ4n) is 4.11. The van der Waals surface area contributed by atoms with E-state index in [4.69, 9.17) is 11.6 Å². The zero-order valence-electron chi connectivity index (χ0n) is 16.6. The minimum Gasteiger partial charge on any atom is -0.494 e. The number of carbonyl (C=O) groups is 2. The number of nitrogens with zero attached hydrogens (tertiary/aromatic N) is 1. The van der Waals surface area contributed by atoms with Crippen molar-refractivity contribution in [1.29, 1.82) is 0 Å². The number of carbonyl (C=O) groups excluding carboxylic acids is 2. The van der Waals surface area contributed by atoms with Gasteiger partial charge in [-0.25, -0.2) is 9.18 Å². The molecule has 1 saturated heterocycles. The molecule has 0 radical (unpaired) electrons. The molecule has 0 bridgehead atoms. The number of halogens is 2. The van der Waals surface area contributed by atoms with Crippen molar-refractivity contribution in [2.24, 2.45) is 0 Å². The Bertz CT molecular complexity index is 1380. The van der Waals surface area contributed by atoms with Gasteiger partial charge in [0, 0.05) is 22.0 Å². The van der Waals surface area contributed by atoms with Crippen LogP contribution in [0.5, 0.6) is 5.88 Å². The van der Waals surface area contributed by atoms with Gasteiger partial charge in [-0.05, 0) is 47.0 Å². The maximum absolute atomic E-state index is 13.6. The van der Waals surface area contributed by atoms with Gasteiger partial charge < -0.3 is 15.0 Å². The highest BCUT2D eigenvalue weighted by Crippen LogP contribution is 2.34. The molecule has 3 N–H and O–H groups in total. The van der Waals surface area contributed by atoms with Crippen molar-refractivity contribution in [3.63, 3.8) is 0 Å². The molecule has 1 aromatic heterocycles. The van der Waals surface area contributed by atoms with Crippen LogP contribution in [-0.2, 0) is 16.9 Å². The topological polar surface area (TPSA) is 83.4 Å². The lowest BCUT2D eigenvalue weighted by molar-refractivity contribution is -0.124. The summed E-state index contributed by atoms with van der Waals surface area (Å²) in [6, 6.07) is 18.0. The predicted octanol–water partition coefficient (Wildman–Crippen LogP) is 4.54. The predicted molar refractivity (Wildman–Crippen MR) is 119 cm³/mol. The average molecular weight is 450 g/mol. The summed E-state index contributed by atoms with van der Waals surface area (Å²) in [6.07, 6.45) is 1.62. The quantitative estimate of drug-likeness (QED) is 0.400. The minimum atomic E-state index is -1.45. The zero-order chi connectivity index (χ0) is 22.5. The first kappa shape index (κ1) is 20.1. The summed E-state index contributed by atoms with van der Waals surface area (Å²) in [5.74, 6) is -1.21. The molecule has 6 nitrogen and oxygen atoms in total. The Labute approximate surface area is 187 Å². The van der Waals surface area contributed by atoms with Gasteiger partial charge in [0.05, 0.1) is 6.54 Å². The molecule has 1 atom stereocenters. The summed E-state index contributed by atoms with van der Waals surface area (Å²) in [5.41, 5.74) is 0.889. The molecular formula is C24H17ClFN3O3. The van der Waals surface area contributed by atoms with E-state index >= 15 is 0 Å². The van der Waals surface area contributed by atoms with Gasteiger partial charge in [0.25, 0.3) is 5.91 Å². The molecule has 0 unspecified atom stereocenters. The number of rotatable bonds is 4. The number of imide groups is 1. The number of hydrogen-bond acceptors (Lipinski definition) is 3. The molecule has 1 fully saturated rings. The number of aromatic nitrogens is 1. The molecule has 2 heterocycles. The first-order valence-electron chi connectivity index (χ1n) is 9.83. The fraction of sp³-hybridized carbons (Fsp3) is 0.0833. The molecule has 0 spiro atoms. The van der Waals surface area contributed by atoms with E-state index in [0.717, 1.165) is 11.1 Å². The van der Waals surface area contributed by atoms with Gasteiger partial charge >= 0.3 is 6.03 Å². The minimum absolute atomic E-state index is 0.0801. The maximum Gasteiger partial charge on any atom is 0.322 e. The van der Waals surface area contributed by atoms with E-state index in [9.17, 15) is 19.1 Å². The number of aromatic hydroxyl groups is 1. The van der Waals surface area contributed by atoms with Gasteiger partial charge in [-0.2, -0.15) is 0 Å². The van der Waals surface area contributed by atoms with E-state index < -0.39 is 23.3 Å². The Balaban J connectivity index is 1.57. The summed E-state index contributed by atoms with van der Waals surface area (Å²) in [6.45, 7) is -0.0801. The maximum atomic E-state index is 13.6. The van der Waals surface area contributed by atoms with E-state index in [2.05, 4.69) is 10.6 Å². The molecule has 1 aliphatic heterocycles. The van der Waals surface area contributed by atoms with Crippen molar-refractivity contribution in [2.45, 2.75) is 12.1 Å². The Morgan fingerprint density at radius 3 is 2.47 bits per heavy atom. The number of urea groups is 1. The summed E-state index contributed by atoms with van der Waals surface area (Å²) in [7, 11) is 0. The first-order chi connectivity index (χ1) is 15.4. The molecule has 1 aliphatic rings. The monoisotopic (exact) mass is 449 g/mol.